The van der Waals surface area contributed by atoms with Crippen LogP contribution < -0.4 is 9.47 Å². The fourth-order valence-corrected chi connectivity index (χ4v) is 4.90. The third-order valence-electron chi connectivity index (χ3n) is 4.70. The van der Waals surface area contributed by atoms with Crippen molar-refractivity contribution in [3.8, 4) is 44.7 Å². The standard InChI is InChI=1S/C22H17N3O2S2/c1-26-16-7-3-14(4-8-16)18-11-25-20(13-29-22(25)24-18)21-23-19(12-28-21)15-5-9-17(27-2)10-6-15/h3-13H,1-2H3. The Kier molecular flexibility index (Phi) is 4.54. The molecule has 0 aliphatic carbocycles. The van der Waals surface area contributed by atoms with E-state index in [4.69, 9.17) is 19.4 Å². The van der Waals surface area contributed by atoms with Crippen molar-refractivity contribution in [1.29, 1.82) is 0 Å². The second-order valence-corrected chi connectivity index (χ2v) is 8.09. The van der Waals surface area contributed by atoms with Crippen molar-refractivity contribution < 1.29 is 9.47 Å². The van der Waals surface area contributed by atoms with E-state index in [1.807, 2.05) is 48.5 Å². The normalized spacial score (nSPS) is 11.1. The van der Waals surface area contributed by atoms with Crippen LogP contribution in [0, 0.1) is 0 Å². The molecular formula is C22H17N3O2S2. The Morgan fingerprint density at radius 2 is 1.34 bits per heavy atom. The minimum Gasteiger partial charge on any atom is -0.497 e. The Bertz CT molecular complexity index is 1270. The zero-order chi connectivity index (χ0) is 19.8. The van der Waals surface area contributed by atoms with Crippen molar-refractivity contribution in [2.45, 2.75) is 0 Å². The summed E-state index contributed by atoms with van der Waals surface area (Å²) in [6.45, 7) is 0. The van der Waals surface area contributed by atoms with Gasteiger partial charge in [-0.2, -0.15) is 0 Å². The Morgan fingerprint density at radius 1 is 0.724 bits per heavy atom. The van der Waals surface area contributed by atoms with Gasteiger partial charge in [0.1, 0.15) is 16.5 Å². The van der Waals surface area contributed by atoms with Crippen LogP contribution in [0.2, 0.25) is 0 Å². The molecule has 0 aliphatic rings. The highest BCUT2D eigenvalue weighted by Crippen LogP contribution is 2.34. The highest BCUT2D eigenvalue weighted by atomic mass is 32.1. The van der Waals surface area contributed by atoms with Gasteiger partial charge in [0.15, 0.2) is 4.96 Å². The van der Waals surface area contributed by atoms with Crippen LogP contribution in [0.5, 0.6) is 11.5 Å². The summed E-state index contributed by atoms with van der Waals surface area (Å²) >= 11 is 3.26. The lowest BCUT2D eigenvalue weighted by Gasteiger charge is -2.00. The molecule has 7 heteroatoms. The summed E-state index contributed by atoms with van der Waals surface area (Å²) in [5.41, 5.74) is 5.09. The minimum atomic E-state index is 0.837. The number of imidazole rings is 1. The first-order valence-corrected chi connectivity index (χ1v) is 10.7. The molecule has 0 radical (unpaired) electrons. The molecule has 144 valence electrons. The largest absolute Gasteiger partial charge is 0.497 e. The molecule has 0 unspecified atom stereocenters. The molecule has 0 spiro atoms. The van der Waals surface area contributed by atoms with Crippen LogP contribution in [0.3, 0.4) is 0 Å². The molecule has 0 aliphatic heterocycles. The van der Waals surface area contributed by atoms with Gasteiger partial charge in [-0.05, 0) is 48.5 Å². The Morgan fingerprint density at radius 3 is 1.97 bits per heavy atom. The molecule has 0 saturated heterocycles. The molecule has 3 heterocycles. The lowest BCUT2D eigenvalue weighted by Crippen LogP contribution is -1.85. The maximum absolute atomic E-state index is 5.24. The summed E-state index contributed by atoms with van der Waals surface area (Å²) in [4.78, 5) is 10.6. The number of benzene rings is 2. The topological polar surface area (TPSA) is 48.7 Å². The average Bonchev–Trinajstić information content (AvgIpc) is 3.49. The summed E-state index contributed by atoms with van der Waals surface area (Å²) < 4.78 is 12.6. The monoisotopic (exact) mass is 419 g/mol. The van der Waals surface area contributed by atoms with E-state index < -0.39 is 0 Å². The third-order valence-corrected chi connectivity index (χ3v) is 6.41. The number of nitrogens with zero attached hydrogens (tertiary/aromatic N) is 3. The molecule has 0 N–H and O–H groups in total. The first-order valence-electron chi connectivity index (χ1n) is 8.96. The lowest BCUT2D eigenvalue weighted by atomic mass is 10.2. The first-order chi connectivity index (χ1) is 14.2. The van der Waals surface area contributed by atoms with Crippen LogP contribution in [-0.4, -0.2) is 28.6 Å². The van der Waals surface area contributed by atoms with E-state index >= 15 is 0 Å². The first kappa shape index (κ1) is 17.9. The van der Waals surface area contributed by atoms with Crippen molar-refractivity contribution in [3.05, 3.63) is 65.5 Å². The van der Waals surface area contributed by atoms with Gasteiger partial charge >= 0.3 is 0 Å². The predicted octanol–water partition coefficient (Wildman–Crippen LogP) is 5.87. The molecule has 0 bridgehead atoms. The second kappa shape index (κ2) is 7.35. The maximum Gasteiger partial charge on any atom is 0.194 e. The lowest BCUT2D eigenvalue weighted by molar-refractivity contribution is 0.415. The quantitative estimate of drug-likeness (QED) is 0.357. The van der Waals surface area contributed by atoms with Gasteiger partial charge in [-0.1, -0.05) is 0 Å². The highest BCUT2D eigenvalue weighted by molar-refractivity contribution is 7.16. The molecule has 0 amide bonds. The molecule has 3 aromatic heterocycles. The molecule has 29 heavy (non-hydrogen) atoms. The van der Waals surface area contributed by atoms with Gasteiger partial charge < -0.3 is 9.47 Å². The molecule has 0 atom stereocenters. The van der Waals surface area contributed by atoms with Crippen LogP contribution >= 0.6 is 22.7 Å². The summed E-state index contributed by atoms with van der Waals surface area (Å²) in [5.74, 6) is 1.68. The van der Waals surface area contributed by atoms with Crippen molar-refractivity contribution in [2.75, 3.05) is 14.2 Å². The molecule has 5 aromatic rings. The smallest absolute Gasteiger partial charge is 0.194 e. The number of fused-ring (bicyclic) bond motifs is 1. The van der Waals surface area contributed by atoms with Crippen molar-refractivity contribution in [2.24, 2.45) is 0 Å². The maximum atomic E-state index is 5.24. The molecule has 0 saturated carbocycles. The molecule has 2 aromatic carbocycles. The number of ether oxygens (including phenoxy) is 2. The number of rotatable bonds is 5. The van der Waals surface area contributed by atoms with Crippen LogP contribution in [-0.2, 0) is 0 Å². The molecule has 5 nitrogen and oxygen atoms in total. The fourth-order valence-electron chi connectivity index (χ4n) is 3.12. The fraction of sp³-hybridized carbons (Fsp3) is 0.0909. The van der Waals surface area contributed by atoms with E-state index in [2.05, 4.69) is 21.4 Å². The van der Waals surface area contributed by atoms with E-state index in [1.165, 1.54) is 0 Å². The Hall–Kier alpha value is -3.16. The number of hydrogen-bond acceptors (Lipinski definition) is 6. The minimum absolute atomic E-state index is 0.837. The molecule has 0 fully saturated rings. The van der Waals surface area contributed by atoms with Crippen LogP contribution in [0.25, 0.3) is 38.2 Å². The number of aromatic nitrogens is 3. The Labute approximate surface area is 175 Å². The second-order valence-electron chi connectivity index (χ2n) is 6.39. The zero-order valence-electron chi connectivity index (χ0n) is 15.8. The summed E-state index contributed by atoms with van der Waals surface area (Å²) in [6, 6.07) is 15.9. The highest BCUT2D eigenvalue weighted by Gasteiger charge is 2.14. The summed E-state index contributed by atoms with van der Waals surface area (Å²) in [7, 11) is 3.34. The zero-order valence-corrected chi connectivity index (χ0v) is 17.5. The predicted molar refractivity (Wildman–Crippen MR) is 118 cm³/mol. The van der Waals surface area contributed by atoms with Crippen molar-refractivity contribution in [1.82, 2.24) is 14.4 Å². The third kappa shape index (κ3) is 3.28. The Balaban J connectivity index is 1.49. The average molecular weight is 420 g/mol. The number of methoxy groups -OCH3 is 2. The summed E-state index contributed by atoms with van der Waals surface area (Å²) in [5, 5.41) is 5.17. The van der Waals surface area contributed by atoms with E-state index in [-0.39, 0.29) is 0 Å². The van der Waals surface area contributed by atoms with E-state index in [9.17, 15) is 0 Å². The van der Waals surface area contributed by atoms with Crippen molar-refractivity contribution >= 4 is 27.6 Å². The van der Waals surface area contributed by atoms with Crippen LogP contribution in [0.15, 0.2) is 65.5 Å². The molecule has 5 rings (SSSR count). The van der Waals surface area contributed by atoms with Crippen LogP contribution in [0.1, 0.15) is 0 Å². The van der Waals surface area contributed by atoms with Gasteiger partial charge in [0.25, 0.3) is 0 Å². The SMILES string of the molecule is COc1ccc(-c2csc(-c3csc4nc(-c5ccc(OC)cc5)cn34)n2)cc1. The van der Waals surface area contributed by atoms with E-state index in [1.54, 1.807) is 36.9 Å². The molecular weight excluding hydrogens is 402 g/mol. The van der Waals surface area contributed by atoms with Gasteiger partial charge in [-0.3, -0.25) is 4.40 Å². The number of hydrogen-bond donors (Lipinski definition) is 0. The van der Waals surface area contributed by atoms with Gasteiger partial charge in [-0.25, -0.2) is 9.97 Å². The van der Waals surface area contributed by atoms with Crippen molar-refractivity contribution in [3.63, 3.8) is 0 Å². The number of thiazole rings is 2. The van der Waals surface area contributed by atoms with E-state index in [0.717, 1.165) is 49.7 Å². The van der Waals surface area contributed by atoms with Gasteiger partial charge in [-0.15, -0.1) is 22.7 Å². The van der Waals surface area contributed by atoms with E-state index in [0.29, 0.717) is 0 Å². The summed E-state index contributed by atoms with van der Waals surface area (Å²) in [6.07, 6.45) is 2.07. The van der Waals surface area contributed by atoms with Crippen LogP contribution in [0.4, 0.5) is 0 Å². The van der Waals surface area contributed by atoms with Gasteiger partial charge in [0, 0.05) is 28.1 Å². The van der Waals surface area contributed by atoms with Gasteiger partial charge in [0.2, 0.25) is 0 Å². The van der Waals surface area contributed by atoms with Gasteiger partial charge in [0.05, 0.1) is 31.3 Å².